The summed E-state index contributed by atoms with van der Waals surface area (Å²) < 4.78 is 4.68. The monoisotopic (exact) mass is 1100 g/mol. The summed E-state index contributed by atoms with van der Waals surface area (Å²) >= 11 is 0. The van der Waals surface area contributed by atoms with Crippen molar-refractivity contribution in [3.8, 4) is 0 Å². The summed E-state index contributed by atoms with van der Waals surface area (Å²) in [4.78, 5) is 12.7. The lowest BCUT2D eigenvalue weighted by Crippen LogP contribution is -2.54. The maximum Gasteiger partial charge on any atom is 0.337 e. The lowest BCUT2D eigenvalue weighted by atomic mass is 9.56. The van der Waals surface area contributed by atoms with Crippen LogP contribution in [-0.4, -0.2) is 298 Å². The Labute approximate surface area is 437 Å². The Morgan fingerprint density at radius 3 is 0.867 bits per heavy atom. The minimum atomic E-state index is -2.69. The molecule has 75 heavy (non-hydrogen) atoms. The highest BCUT2D eigenvalue weighted by Crippen LogP contribution is 2.52. The third-order valence-electron chi connectivity index (χ3n) is 14.6. The summed E-state index contributed by atoms with van der Waals surface area (Å²) in [5.74, 6) is -14.1. The molecule has 25 N–H and O–H groups in total. The Balaban J connectivity index is 9.21. The summed E-state index contributed by atoms with van der Waals surface area (Å²) in [5, 5.41) is 269. The molecule has 0 heterocycles. The van der Waals surface area contributed by atoms with Crippen molar-refractivity contribution < 1.29 is 137 Å². The standard InChI is InChI=1S/C48H96O27/c49-4-2-1-3-25(5-26(60)14-50)36(6-27(61)15-51)37(7-28(62)16-52)38(8-29(63)17-53)39(9-30(64)18-54)40(10-31(65)19-55)41(11-32(66)20-56)42(12-33(67)21-57)43(13-34(68)22-58)44(70)45(71)46(72)47(73)48(74)75-24-35(69)23-59/h25-47,49-73H,1-24H2. The Kier molecular flexibility index (Phi) is 39.8. The van der Waals surface area contributed by atoms with Crippen LogP contribution in [0.4, 0.5) is 0 Å². The van der Waals surface area contributed by atoms with Gasteiger partial charge in [0.2, 0.25) is 0 Å². The van der Waals surface area contributed by atoms with E-state index in [0.29, 0.717) is 0 Å². The first kappa shape index (κ1) is 73.5. The predicted molar refractivity (Wildman–Crippen MR) is 260 cm³/mol. The second kappa shape index (κ2) is 40.6. The van der Waals surface area contributed by atoms with Gasteiger partial charge in [-0.05, 0) is 124 Å². The summed E-state index contributed by atoms with van der Waals surface area (Å²) in [6, 6.07) is 0. The van der Waals surface area contributed by atoms with Gasteiger partial charge in [0.1, 0.15) is 24.9 Å². The molecule has 0 aliphatic carbocycles. The van der Waals surface area contributed by atoms with Crippen molar-refractivity contribution in [2.75, 3.05) is 79.3 Å². The van der Waals surface area contributed by atoms with E-state index < -0.39 is 262 Å². The van der Waals surface area contributed by atoms with E-state index in [-0.39, 0.29) is 38.7 Å². The number of hydrogen-bond acceptors (Lipinski definition) is 27. The topological polar surface area (TPSA) is 532 Å². The highest BCUT2D eigenvalue weighted by atomic mass is 16.6. The van der Waals surface area contributed by atoms with Crippen molar-refractivity contribution in [2.45, 2.75) is 163 Å². The van der Waals surface area contributed by atoms with Gasteiger partial charge < -0.3 is 132 Å². The minimum Gasteiger partial charge on any atom is -0.461 e. The van der Waals surface area contributed by atoms with Crippen LogP contribution in [0.25, 0.3) is 0 Å². The van der Waals surface area contributed by atoms with Gasteiger partial charge in [-0.2, -0.15) is 0 Å². The van der Waals surface area contributed by atoms with Crippen molar-refractivity contribution in [1.82, 2.24) is 0 Å². The number of rotatable bonds is 47. The molecule has 27 heteroatoms. The van der Waals surface area contributed by atoms with E-state index in [4.69, 9.17) is 5.11 Å². The molecule has 23 atom stereocenters. The van der Waals surface area contributed by atoms with Crippen LogP contribution in [0.3, 0.4) is 0 Å². The van der Waals surface area contributed by atoms with E-state index in [9.17, 15) is 127 Å². The molecule has 23 unspecified atom stereocenters. The maximum absolute atomic E-state index is 12.7. The number of carbonyl (C=O) groups excluding carboxylic acids is 1. The third kappa shape index (κ3) is 26.5. The van der Waals surface area contributed by atoms with E-state index >= 15 is 0 Å². The number of esters is 1. The van der Waals surface area contributed by atoms with Crippen LogP contribution in [0.2, 0.25) is 0 Å². The Morgan fingerprint density at radius 1 is 0.293 bits per heavy atom. The smallest absolute Gasteiger partial charge is 0.337 e. The average molecular weight is 1110 g/mol. The summed E-state index contributed by atoms with van der Waals surface area (Å²) in [6.07, 6.45) is -32.2. The average Bonchev–Trinajstić information content (AvgIpc) is 3.41. The molecule has 27 nitrogen and oxygen atoms in total. The fourth-order valence-corrected chi connectivity index (χ4v) is 10.9. The molecule has 0 amide bonds. The van der Waals surface area contributed by atoms with E-state index in [1.54, 1.807) is 0 Å². The molecule has 0 rings (SSSR count). The van der Waals surface area contributed by atoms with E-state index in [2.05, 4.69) is 4.74 Å². The van der Waals surface area contributed by atoms with Crippen molar-refractivity contribution in [1.29, 1.82) is 0 Å². The Hall–Kier alpha value is -1.53. The maximum atomic E-state index is 12.7. The molecule has 0 aliphatic heterocycles. The lowest BCUT2D eigenvalue weighted by Gasteiger charge is -2.50. The van der Waals surface area contributed by atoms with Gasteiger partial charge in [0.25, 0.3) is 0 Å². The van der Waals surface area contributed by atoms with Crippen molar-refractivity contribution >= 4 is 5.97 Å². The molecule has 0 aliphatic rings. The largest absolute Gasteiger partial charge is 0.461 e. The minimum absolute atomic E-state index is 0.127. The molecule has 0 bridgehead atoms. The molecule has 0 fully saturated rings. The fraction of sp³-hybridized carbons (Fsp3) is 0.979. The van der Waals surface area contributed by atoms with Gasteiger partial charge in [0.05, 0.1) is 127 Å². The van der Waals surface area contributed by atoms with E-state index in [1.165, 1.54) is 0 Å². The summed E-state index contributed by atoms with van der Waals surface area (Å²) in [5.41, 5.74) is 0. The van der Waals surface area contributed by atoms with E-state index in [0.717, 1.165) is 0 Å². The molecule has 0 saturated heterocycles. The van der Waals surface area contributed by atoms with Gasteiger partial charge >= 0.3 is 5.97 Å². The van der Waals surface area contributed by atoms with Crippen LogP contribution >= 0.6 is 0 Å². The highest BCUT2D eigenvalue weighted by Gasteiger charge is 2.50. The first-order chi connectivity index (χ1) is 35.4. The first-order valence-corrected chi connectivity index (χ1v) is 25.8. The molecular weight excluding hydrogens is 1010 g/mol. The highest BCUT2D eigenvalue weighted by molar-refractivity contribution is 5.75. The van der Waals surface area contributed by atoms with Crippen molar-refractivity contribution in [3.05, 3.63) is 0 Å². The molecule has 0 aromatic rings. The zero-order valence-electron chi connectivity index (χ0n) is 42.7. The van der Waals surface area contributed by atoms with Crippen LogP contribution < -0.4 is 0 Å². The van der Waals surface area contributed by atoms with Gasteiger partial charge in [0.15, 0.2) is 6.10 Å². The second-order valence-electron chi connectivity index (χ2n) is 20.3. The quantitative estimate of drug-likeness (QED) is 0.0199. The van der Waals surface area contributed by atoms with Gasteiger partial charge in [-0.1, -0.05) is 6.42 Å². The number of hydrogen-bond donors (Lipinski definition) is 25. The van der Waals surface area contributed by atoms with Crippen LogP contribution in [0.15, 0.2) is 0 Å². The zero-order valence-corrected chi connectivity index (χ0v) is 42.7. The predicted octanol–water partition coefficient (Wildman–Crippen LogP) is -9.28. The third-order valence-corrected chi connectivity index (χ3v) is 14.6. The first-order valence-electron chi connectivity index (χ1n) is 25.8. The molecule has 0 radical (unpaired) electrons. The van der Waals surface area contributed by atoms with Crippen LogP contribution in [0, 0.1) is 53.3 Å². The van der Waals surface area contributed by atoms with E-state index in [1.807, 2.05) is 0 Å². The zero-order chi connectivity index (χ0) is 57.5. The van der Waals surface area contributed by atoms with Crippen LogP contribution in [-0.2, 0) is 9.53 Å². The molecule has 0 saturated carbocycles. The molecule has 0 aromatic carbocycles. The lowest BCUT2D eigenvalue weighted by molar-refractivity contribution is -0.177. The number of carbonyl (C=O) groups is 1. The van der Waals surface area contributed by atoms with Gasteiger partial charge in [-0.25, -0.2) is 4.79 Å². The van der Waals surface area contributed by atoms with Gasteiger partial charge in [-0.15, -0.1) is 0 Å². The van der Waals surface area contributed by atoms with Crippen LogP contribution in [0.5, 0.6) is 0 Å². The Morgan fingerprint density at radius 2 is 0.560 bits per heavy atom. The SMILES string of the molecule is O=C(OCC(O)CO)C(O)C(O)C(O)C(O)C(CC(O)CO)C(CC(O)CO)C(CC(O)CO)C(CC(O)CO)C(CC(O)CO)C(CC(O)CO)C(CC(O)CO)C(CC(O)CO)C(CCCCO)CC(O)CO. The molecule has 0 aromatic heterocycles. The number of ether oxygens (including phenoxy) is 1. The molecule has 450 valence electrons. The number of unbranched alkanes of at least 4 members (excludes halogenated alkanes) is 1. The summed E-state index contributed by atoms with van der Waals surface area (Å²) in [6.45, 7) is -10.8. The fourth-order valence-electron chi connectivity index (χ4n) is 10.9. The van der Waals surface area contributed by atoms with Crippen molar-refractivity contribution in [2.24, 2.45) is 53.3 Å². The second-order valence-corrected chi connectivity index (χ2v) is 20.3. The van der Waals surface area contributed by atoms with Gasteiger partial charge in [-0.3, -0.25) is 0 Å². The Bertz CT molecular complexity index is 1400. The summed E-state index contributed by atoms with van der Waals surface area (Å²) in [7, 11) is 0. The molecule has 0 spiro atoms. The number of aliphatic hydroxyl groups is 25. The van der Waals surface area contributed by atoms with Crippen molar-refractivity contribution in [3.63, 3.8) is 0 Å². The number of aliphatic hydroxyl groups excluding tert-OH is 25. The molecular formula is C48H96O27. The van der Waals surface area contributed by atoms with Gasteiger partial charge in [0, 0.05) is 6.61 Å². The van der Waals surface area contributed by atoms with Crippen LogP contribution in [0.1, 0.15) is 77.0 Å². The normalized spacial score (nSPS) is 21.8.